The predicted octanol–water partition coefficient (Wildman–Crippen LogP) is 3.47. The molecule has 10 heavy (non-hydrogen) atoms. The van der Waals surface area contributed by atoms with Crippen molar-refractivity contribution >= 4 is 0 Å². The maximum Gasteiger partial charge on any atom is -0.0391 e. The smallest absolute Gasteiger partial charge is 0.0391 e. The Balaban J connectivity index is 2.26. The van der Waals surface area contributed by atoms with E-state index in [1.54, 1.807) is 0 Å². The molecule has 0 heterocycles. The van der Waals surface area contributed by atoms with Gasteiger partial charge >= 0.3 is 0 Å². The van der Waals surface area contributed by atoms with Gasteiger partial charge in [0.1, 0.15) is 0 Å². The van der Waals surface area contributed by atoms with Crippen LogP contribution in [0, 0.1) is 17.8 Å². The van der Waals surface area contributed by atoms with Crippen LogP contribution in [0.3, 0.4) is 0 Å². The molecule has 0 heteroatoms. The van der Waals surface area contributed by atoms with Gasteiger partial charge in [-0.05, 0) is 30.6 Å². The van der Waals surface area contributed by atoms with Crippen LogP contribution in [-0.2, 0) is 0 Å². The van der Waals surface area contributed by atoms with Crippen LogP contribution in [0.15, 0.2) is 0 Å². The summed E-state index contributed by atoms with van der Waals surface area (Å²) in [5.74, 6) is 2.97. The van der Waals surface area contributed by atoms with Crippen molar-refractivity contribution in [3.8, 4) is 0 Å². The second-order valence-corrected chi connectivity index (χ2v) is 4.26. The summed E-state index contributed by atoms with van der Waals surface area (Å²) in [5.41, 5.74) is 0. The molecule has 0 N–H and O–H groups in total. The van der Waals surface area contributed by atoms with E-state index in [1.807, 2.05) is 0 Å². The Morgan fingerprint density at radius 1 is 1.00 bits per heavy atom. The number of hydrogen-bond acceptors (Lipinski definition) is 0. The van der Waals surface area contributed by atoms with E-state index in [4.69, 9.17) is 0 Å². The molecule has 0 nitrogen and oxygen atoms in total. The summed E-state index contributed by atoms with van der Waals surface area (Å²) in [4.78, 5) is 0. The molecule has 1 aliphatic carbocycles. The molecule has 0 atom stereocenters. The van der Waals surface area contributed by atoms with Crippen molar-refractivity contribution in [1.82, 2.24) is 0 Å². The van der Waals surface area contributed by atoms with E-state index in [0.717, 1.165) is 17.8 Å². The average molecular weight is 140 g/mol. The highest BCUT2D eigenvalue weighted by molar-refractivity contribution is 4.71. The zero-order valence-electron chi connectivity index (χ0n) is 7.56. The van der Waals surface area contributed by atoms with E-state index in [1.165, 1.54) is 25.7 Å². The third-order valence-corrected chi connectivity index (χ3v) is 3.00. The summed E-state index contributed by atoms with van der Waals surface area (Å²) < 4.78 is 0. The zero-order chi connectivity index (χ0) is 7.56. The van der Waals surface area contributed by atoms with E-state index in [0.29, 0.717) is 0 Å². The molecule has 0 radical (unpaired) electrons. The fourth-order valence-electron chi connectivity index (χ4n) is 1.95. The number of rotatable bonds is 1. The van der Waals surface area contributed by atoms with Crippen molar-refractivity contribution in [1.29, 1.82) is 0 Å². The van der Waals surface area contributed by atoms with E-state index in [2.05, 4.69) is 20.8 Å². The van der Waals surface area contributed by atoms with Gasteiger partial charge in [-0.25, -0.2) is 0 Å². The molecule has 0 aromatic rings. The predicted molar refractivity (Wildman–Crippen MR) is 46.0 cm³/mol. The van der Waals surface area contributed by atoms with Crippen molar-refractivity contribution in [3.63, 3.8) is 0 Å². The van der Waals surface area contributed by atoms with Gasteiger partial charge < -0.3 is 0 Å². The molecule has 1 fully saturated rings. The molecule has 0 spiro atoms. The third-order valence-electron chi connectivity index (χ3n) is 3.00. The summed E-state index contributed by atoms with van der Waals surface area (Å²) in [6.45, 7) is 7.11. The lowest BCUT2D eigenvalue weighted by Gasteiger charge is -2.28. The first-order valence-electron chi connectivity index (χ1n) is 4.70. The molecule has 1 rings (SSSR count). The Hall–Kier alpha value is 0. The van der Waals surface area contributed by atoms with E-state index in [-0.39, 0.29) is 0 Å². The van der Waals surface area contributed by atoms with Crippen LogP contribution in [0.4, 0.5) is 0 Å². The van der Waals surface area contributed by atoms with Gasteiger partial charge in [-0.2, -0.15) is 0 Å². The standard InChI is InChI=1S/C10H20/c1-8(2)10-6-4-9(3)5-7-10/h8-10H,4-7H2,1-3H3/t9-,10-. The highest BCUT2D eigenvalue weighted by Gasteiger charge is 2.19. The minimum absolute atomic E-state index is 0.924. The Morgan fingerprint density at radius 2 is 1.50 bits per heavy atom. The first-order valence-corrected chi connectivity index (χ1v) is 4.70. The van der Waals surface area contributed by atoms with Crippen molar-refractivity contribution in [2.75, 3.05) is 0 Å². The maximum atomic E-state index is 2.39. The van der Waals surface area contributed by atoms with Crippen LogP contribution in [0.25, 0.3) is 0 Å². The topological polar surface area (TPSA) is 0 Å². The van der Waals surface area contributed by atoms with Crippen molar-refractivity contribution < 1.29 is 0 Å². The van der Waals surface area contributed by atoms with Crippen molar-refractivity contribution in [2.24, 2.45) is 17.8 Å². The average Bonchev–Trinajstić information content (AvgIpc) is 1.88. The quantitative estimate of drug-likeness (QED) is 0.523. The lowest BCUT2D eigenvalue weighted by atomic mass is 9.78. The summed E-state index contributed by atoms with van der Waals surface area (Å²) >= 11 is 0. The molecule has 0 saturated heterocycles. The summed E-state index contributed by atoms with van der Waals surface area (Å²) in [5, 5.41) is 0. The Morgan fingerprint density at radius 3 is 1.90 bits per heavy atom. The van der Waals surface area contributed by atoms with Gasteiger partial charge in [-0.1, -0.05) is 33.6 Å². The van der Waals surface area contributed by atoms with Crippen LogP contribution in [-0.4, -0.2) is 0 Å². The molecule has 0 aromatic carbocycles. The zero-order valence-corrected chi connectivity index (χ0v) is 7.56. The van der Waals surface area contributed by atoms with Crippen LogP contribution in [0.5, 0.6) is 0 Å². The minimum Gasteiger partial charge on any atom is -0.0625 e. The Bertz CT molecular complexity index is 86.2. The summed E-state index contributed by atoms with van der Waals surface area (Å²) in [7, 11) is 0. The van der Waals surface area contributed by atoms with E-state index < -0.39 is 0 Å². The van der Waals surface area contributed by atoms with Gasteiger partial charge in [-0.15, -0.1) is 0 Å². The van der Waals surface area contributed by atoms with Crippen LogP contribution < -0.4 is 0 Å². The highest BCUT2D eigenvalue weighted by atomic mass is 14.3. The van der Waals surface area contributed by atoms with Crippen LogP contribution >= 0.6 is 0 Å². The summed E-state index contributed by atoms with van der Waals surface area (Å²) in [6, 6.07) is 0. The van der Waals surface area contributed by atoms with Gasteiger partial charge in [0.2, 0.25) is 0 Å². The molecule has 0 bridgehead atoms. The van der Waals surface area contributed by atoms with Gasteiger partial charge in [-0.3, -0.25) is 0 Å². The molecule has 60 valence electrons. The first-order chi connectivity index (χ1) is 4.70. The lowest BCUT2D eigenvalue weighted by Crippen LogP contribution is -2.16. The molecular formula is C10H20. The summed E-state index contributed by atoms with van der Waals surface area (Å²) in [6.07, 6.45) is 5.92. The molecule has 0 unspecified atom stereocenters. The molecule has 1 aliphatic rings. The normalized spacial score (nSPS) is 34.8. The third kappa shape index (κ3) is 2.00. The maximum absolute atomic E-state index is 2.39. The fourth-order valence-corrected chi connectivity index (χ4v) is 1.95. The molecule has 1 saturated carbocycles. The minimum atomic E-state index is 0.924. The molecule has 0 aromatic heterocycles. The lowest BCUT2D eigenvalue weighted by molar-refractivity contribution is 0.234. The van der Waals surface area contributed by atoms with Gasteiger partial charge in [0.05, 0.1) is 0 Å². The molecule has 0 aliphatic heterocycles. The van der Waals surface area contributed by atoms with Gasteiger partial charge in [0.25, 0.3) is 0 Å². The van der Waals surface area contributed by atoms with Crippen LogP contribution in [0.2, 0.25) is 0 Å². The second-order valence-electron chi connectivity index (χ2n) is 4.26. The fraction of sp³-hybridized carbons (Fsp3) is 1.00. The Labute approximate surface area is 65.0 Å². The number of hydrogen-bond donors (Lipinski definition) is 0. The molecular weight excluding hydrogens is 120 g/mol. The highest BCUT2D eigenvalue weighted by Crippen LogP contribution is 2.32. The van der Waals surface area contributed by atoms with Gasteiger partial charge in [0.15, 0.2) is 0 Å². The van der Waals surface area contributed by atoms with Crippen molar-refractivity contribution in [3.05, 3.63) is 0 Å². The Kier molecular flexibility index (Phi) is 2.76. The monoisotopic (exact) mass is 140 g/mol. The van der Waals surface area contributed by atoms with Crippen molar-refractivity contribution in [2.45, 2.75) is 46.5 Å². The largest absolute Gasteiger partial charge is 0.0625 e. The van der Waals surface area contributed by atoms with E-state index in [9.17, 15) is 0 Å². The SMILES string of the molecule is CC(C)[C@H]1CC[C@H](C)CC1. The van der Waals surface area contributed by atoms with E-state index >= 15 is 0 Å². The van der Waals surface area contributed by atoms with Gasteiger partial charge in [0, 0.05) is 0 Å². The first kappa shape index (κ1) is 8.10. The molecule has 0 amide bonds. The second kappa shape index (κ2) is 3.41. The van der Waals surface area contributed by atoms with Crippen LogP contribution in [0.1, 0.15) is 46.5 Å².